The van der Waals surface area contributed by atoms with Crippen molar-refractivity contribution in [1.82, 2.24) is 0 Å². The molecule has 0 fully saturated rings. The SMILES string of the molecule is CC1CC(C=CC(=O)OCCOCCOCCOC(=O)C=CC2C=C(C(C)(C)C)C(=O)C(C)C2)C=C(C(C)(C)C)C1=O. The molecule has 0 saturated heterocycles. The molecule has 0 N–H and O–H groups in total. The second-order valence-electron chi connectivity index (χ2n) is 13.3. The fraction of sp³-hybridized carbons (Fsp3) is 0.647. The van der Waals surface area contributed by atoms with Gasteiger partial charge in [0.05, 0.1) is 26.4 Å². The van der Waals surface area contributed by atoms with E-state index in [9.17, 15) is 19.2 Å². The molecule has 0 radical (unpaired) electrons. The van der Waals surface area contributed by atoms with Gasteiger partial charge in [0.25, 0.3) is 0 Å². The van der Waals surface area contributed by atoms with Crippen LogP contribution in [0.15, 0.2) is 47.6 Å². The molecule has 0 aromatic heterocycles. The molecule has 42 heavy (non-hydrogen) atoms. The first kappa shape index (κ1) is 35.4. The predicted octanol–water partition coefficient (Wildman–Crippen LogP) is 5.61. The van der Waals surface area contributed by atoms with Crippen molar-refractivity contribution in [3.63, 3.8) is 0 Å². The molecule has 2 aliphatic carbocycles. The Bertz CT molecular complexity index is 994. The van der Waals surface area contributed by atoms with Crippen molar-refractivity contribution in [1.29, 1.82) is 0 Å². The maximum absolute atomic E-state index is 12.5. The number of ether oxygens (including phenoxy) is 4. The summed E-state index contributed by atoms with van der Waals surface area (Å²) in [5, 5.41) is 0. The zero-order valence-corrected chi connectivity index (χ0v) is 26.7. The lowest BCUT2D eigenvalue weighted by Gasteiger charge is -2.30. The highest BCUT2D eigenvalue weighted by Gasteiger charge is 2.33. The number of carbonyl (C=O) groups excluding carboxylic acids is 4. The fourth-order valence-electron chi connectivity index (χ4n) is 5.02. The van der Waals surface area contributed by atoms with Crippen LogP contribution in [0.5, 0.6) is 0 Å². The Morgan fingerprint density at radius 1 is 0.667 bits per heavy atom. The normalized spacial score (nSPS) is 23.7. The summed E-state index contributed by atoms with van der Waals surface area (Å²) < 4.78 is 21.2. The van der Waals surface area contributed by atoms with Gasteiger partial charge >= 0.3 is 11.9 Å². The van der Waals surface area contributed by atoms with Gasteiger partial charge in [-0.15, -0.1) is 0 Å². The van der Waals surface area contributed by atoms with Gasteiger partial charge in [0.2, 0.25) is 0 Å². The maximum atomic E-state index is 12.5. The number of esters is 2. The Hall–Kier alpha value is -2.84. The number of ketones is 2. The lowest BCUT2D eigenvalue weighted by Crippen LogP contribution is -2.29. The van der Waals surface area contributed by atoms with Crippen LogP contribution in [0.25, 0.3) is 0 Å². The van der Waals surface area contributed by atoms with Gasteiger partial charge in [0, 0.05) is 24.0 Å². The Kier molecular flexibility index (Phi) is 13.6. The third-order valence-corrected chi connectivity index (χ3v) is 7.33. The monoisotopic (exact) mass is 586 g/mol. The first-order chi connectivity index (χ1) is 19.6. The van der Waals surface area contributed by atoms with Crippen LogP contribution >= 0.6 is 0 Å². The summed E-state index contributed by atoms with van der Waals surface area (Å²) in [6.45, 7) is 17.3. The van der Waals surface area contributed by atoms with Crippen molar-refractivity contribution in [3.05, 3.63) is 47.6 Å². The standard InChI is InChI=1S/C34H50O8/c1-23-19-25(21-27(31(23)37)33(3,4)5)9-11-29(35)41-17-15-39-13-14-40-16-18-42-30(36)12-10-26-20-24(2)32(38)28(22-26)34(6,7)8/h9-12,21-26H,13-20H2,1-8H3. The summed E-state index contributed by atoms with van der Waals surface area (Å²) in [4.78, 5) is 49.0. The van der Waals surface area contributed by atoms with E-state index in [0.29, 0.717) is 26.1 Å². The predicted molar refractivity (Wildman–Crippen MR) is 161 cm³/mol. The Morgan fingerprint density at radius 2 is 1.00 bits per heavy atom. The fourth-order valence-corrected chi connectivity index (χ4v) is 5.02. The number of carbonyl (C=O) groups is 4. The molecule has 2 rings (SSSR count). The average Bonchev–Trinajstić information content (AvgIpc) is 2.89. The molecule has 0 heterocycles. The van der Waals surface area contributed by atoms with Gasteiger partial charge in [-0.05, 0) is 46.7 Å². The molecular weight excluding hydrogens is 536 g/mol. The highest BCUT2D eigenvalue weighted by molar-refractivity contribution is 5.99. The summed E-state index contributed by atoms with van der Waals surface area (Å²) in [5.41, 5.74) is 1.17. The van der Waals surface area contributed by atoms with Crippen molar-refractivity contribution in [2.45, 2.75) is 68.2 Å². The molecule has 0 aromatic rings. The van der Waals surface area contributed by atoms with Gasteiger partial charge < -0.3 is 18.9 Å². The largest absolute Gasteiger partial charge is 0.460 e. The summed E-state index contributed by atoms with van der Waals surface area (Å²) >= 11 is 0. The summed E-state index contributed by atoms with van der Waals surface area (Å²) in [7, 11) is 0. The minimum Gasteiger partial charge on any atom is -0.460 e. The van der Waals surface area contributed by atoms with Crippen LogP contribution in [0.3, 0.4) is 0 Å². The Balaban J connectivity index is 1.56. The van der Waals surface area contributed by atoms with E-state index in [1.807, 2.05) is 67.5 Å². The summed E-state index contributed by atoms with van der Waals surface area (Å²) in [6, 6.07) is 0. The van der Waals surface area contributed by atoms with Gasteiger partial charge in [-0.3, -0.25) is 9.59 Å². The number of hydrogen-bond donors (Lipinski definition) is 0. The van der Waals surface area contributed by atoms with Gasteiger partial charge in [-0.25, -0.2) is 9.59 Å². The lowest BCUT2D eigenvalue weighted by molar-refractivity contribution is -0.141. The van der Waals surface area contributed by atoms with E-state index in [4.69, 9.17) is 18.9 Å². The van der Waals surface area contributed by atoms with E-state index >= 15 is 0 Å². The number of Topliss-reactive ketones (excluding diaryl/α,β-unsaturated/α-hetero) is 2. The molecule has 2 aliphatic rings. The molecule has 4 atom stereocenters. The average molecular weight is 587 g/mol. The topological polar surface area (TPSA) is 105 Å². The Morgan fingerprint density at radius 3 is 1.33 bits per heavy atom. The van der Waals surface area contributed by atoms with E-state index in [0.717, 1.165) is 11.1 Å². The van der Waals surface area contributed by atoms with Gasteiger partial charge in [-0.2, -0.15) is 0 Å². The molecule has 0 aliphatic heterocycles. The van der Waals surface area contributed by atoms with Crippen molar-refractivity contribution >= 4 is 23.5 Å². The van der Waals surface area contributed by atoms with Gasteiger partial charge in [0.1, 0.15) is 13.2 Å². The quantitative estimate of drug-likeness (QED) is 0.156. The van der Waals surface area contributed by atoms with Crippen LogP contribution in [-0.4, -0.2) is 63.1 Å². The second kappa shape index (κ2) is 16.1. The lowest BCUT2D eigenvalue weighted by atomic mass is 9.73. The molecule has 0 spiro atoms. The molecule has 4 unspecified atom stereocenters. The highest BCUT2D eigenvalue weighted by atomic mass is 16.6. The van der Waals surface area contributed by atoms with Crippen LogP contribution in [0.4, 0.5) is 0 Å². The Labute approximate surface area is 251 Å². The molecular formula is C34H50O8. The number of allylic oxidation sites excluding steroid dienone is 6. The van der Waals surface area contributed by atoms with E-state index in [1.54, 1.807) is 12.2 Å². The smallest absolute Gasteiger partial charge is 0.330 e. The molecule has 234 valence electrons. The highest BCUT2D eigenvalue weighted by Crippen LogP contribution is 2.37. The maximum Gasteiger partial charge on any atom is 0.330 e. The van der Waals surface area contributed by atoms with Gasteiger partial charge in [0.15, 0.2) is 11.6 Å². The third kappa shape index (κ3) is 11.8. The van der Waals surface area contributed by atoms with Crippen LogP contribution in [-0.2, 0) is 38.1 Å². The first-order valence-corrected chi connectivity index (χ1v) is 15.0. The zero-order chi connectivity index (χ0) is 31.5. The van der Waals surface area contributed by atoms with Gasteiger partial charge in [-0.1, -0.05) is 79.7 Å². The summed E-state index contributed by atoms with van der Waals surface area (Å²) in [6.07, 6.45) is 11.7. The third-order valence-electron chi connectivity index (χ3n) is 7.33. The number of hydrogen-bond acceptors (Lipinski definition) is 8. The molecule has 0 aromatic carbocycles. The minimum atomic E-state index is -0.446. The van der Waals surface area contributed by atoms with Crippen LogP contribution < -0.4 is 0 Å². The van der Waals surface area contributed by atoms with E-state index in [1.165, 1.54) is 12.2 Å². The van der Waals surface area contributed by atoms with Crippen molar-refractivity contribution in [3.8, 4) is 0 Å². The minimum absolute atomic E-state index is 0.0228. The summed E-state index contributed by atoms with van der Waals surface area (Å²) in [5.74, 6) is -0.624. The first-order valence-electron chi connectivity index (χ1n) is 15.0. The molecule has 8 nitrogen and oxygen atoms in total. The van der Waals surface area contributed by atoms with Crippen LogP contribution in [0.1, 0.15) is 68.2 Å². The van der Waals surface area contributed by atoms with Crippen LogP contribution in [0, 0.1) is 34.5 Å². The number of rotatable bonds is 13. The van der Waals surface area contributed by atoms with E-state index in [2.05, 4.69) is 0 Å². The van der Waals surface area contributed by atoms with Crippen molar-refractivity contribution < 1.29 is 38.1 Å². The van der Waals surface area contributed by atoms with Crippen molar-refractivity contribution in [2.24, 2.45) is 34.5 Å². The molecule has 0 amide bonds. The molecule has 0 saturated carbocycles. The zero-order valence-electron chi connectivity index (χ0n) is 26.7. The van der Waals surface area contributed by atoms with E-state index in [-0.39, 0.29) is 72.5 Å². The molecule has 0 bridgehead atoms. The van der Waals surface area contributed by atoms with Crippen LogP contribution in [0.2, 0.25) is 0 Å². The molecule has 8 heteroatoms. The van der Waals surface area contributed by atoms with Crippen molar-refractivity contribution in [2.75, 3.05) is 39.6 Å². The van der Waals surface area contributed by atoms with E-state index < -0.39 is 11.9 Å². The second-order valence-corrected chi connectivity index (χ2v) is 13.3.